The topological polar surface area (TPSA) is 41.6 Å². The third-order valence-electron chi connectivity index (χ3n) is 3.81. The van der Waals surface area contributed by atoms with Gasteiger partial charge in [0.25, 0.3) is 5.91 Å². The Hall–Kier alpha value is -2.33. The lowest BCUT2D eigenvalue weighted by atomic mass is 10.1. The lowest BCUT2D eigenvalue weighted by molar-refractivity contribution is 0.0951. The lowest BCUT2D eigenvalue weighted by Gasteiger charge is -2.11. The van der Waals surface area contributed by atoms with Crippen molar-refractivity contribution < 1.29 is 9.53 Å². The van der Waals surface area contributed by atoms with E-state index in [2.05, 4.69) is 17.1 Å². The van der Waals surface area contributed by atoms with Crippen LogP contribution in [0.25, 0.3) is 0 Å². The molecule has 0 bridgehead atoms. The summed E-state index contributed by atoms with van der Waals surface area (Å²) in [6.45, 7) is 4.15. The first-order valence-corrected chi connectivity index (χ1v) is 8.32. The van der Waals surface area contributed by atoms with Gasteiger partial charge in [-0.1, -0.05) is 31.2 Å². The van der Waals surface area contributed by atoms with Gasteiger partial charge in [0, 0.05) is 18.7 Å². The number of amides is 1. The average Bonchev–Trinajstić information content (AvgIpc) is 2.60. The fraction of sp³-hybridized carbons (Fsp3) is 0.350. The van der Waals surface area contributed by atoms with Crippen molar-refractivity contribution in [2.45, 2.75) is 19.9 Å². The van der Waals surface area contributed by atoms with E-state index in [1.54, 1.807) is 0 Å². The Kier molecular flexibility index (Phi) is 6.82. The van der Waals surface area contributed by atoms with Crippen LogP contribution in [-0.2, 0) is 13.0 Å². The number of nitrogens with zero attached hydrogens (tertiary/aromatic N) is 1. The number of carbonyl (C=O) groups excluding carboxylic acids is 1. The summed E-state index contributed by atoms with van der Waals surface area (Å²) in [4.78, 5) is 14.2. The molecule has 2 aromatic carbocycles. The first kappa shape index (κ1) is 18.0. The number of ether oxygens (including phenoxy) is 1. The standard InChI is InChI=1S/C20H26N2O2/c1-4-16-5-9-18(10-6-16)20(23)21-15-17-7-11-19(12-8-17)24-14-13-22(2)3/h5-12H,4,13-15H2,1-3H3,(H,21,23). The molecule has 0 aromatic heterocycles. The molecule has 0 atom stereocenters. The van der Waals surface area contributed by atoms with E-state index in [9.17, 15) is 4.79 Å². The van der Waals surface area contributed by atoms with Crippen molar-refractivity contribution in [2.24, 2.45) is 0 Å². The summed E-state index contributed by atoms with van der Waals surface area (Å²) in [5.74, 6) is 0.797. The van der Waals surface area contributed by atoms with Gasteiger partial charge in [0.15, 0.2) is 0 Å². The molecule has 24 heavy (non-hydrogen) atoms. The first-order valence-electron chi connectivity index (χ1n) is 8.32. The Morgan fingerprint density at radius 3 is 2.21 bits per heavy atom. The van der Waals surface area contributed by atoms with Crippen molar-refractivity contribution in [2.75, 3.05) is 27.2 Å². The molecule has 128 valence electrons. The number of hydrogen-bond donors (Lipinski definition) is 1. The number of aryl methyl sites for hydroxylation is 1. The highest BCUT2D eigenvalue weighted by atomic mass is 16.5. The van der Waals surface area contributed by atoms with Gasteiger partial charge in [-0.2, -0.15) is 0 Å². The number of rotatable bonds is 8. The van der Waals surface area contributed by atoms with Crippen LogP contribution in [0.3, 0.4) is 0 Å². The molecule has 0 fully saturated rings. The summed E-state index contributed by atoms with van der Waals surface area (Å²) >= 11 is 0. The Bertz CT molecular complexity index is 634. The minimum absolute atomic E-state index is 0.0519. The number of likely N-dealkylation sites (N-methyl/N-ethyl adjacent to an activating group) is 1. The summed E-state index contributed by atoms with van der Waals surface area (Å²) in [7, 11) is 4.04. The number of hydrogen-bond acceptors (Lipinski definition) is 3. The molecular formula is C20H26N2O2. The largest absolute Gasteiger partial charge is 0.492 e. The van der Waals surface area contributed by atoms with Crippen molar-refractivity contribution in [1.29, 1.82) is 0 Å². The van der Waals surface area contributed by atoms with Crippen LogP contribution in [0.5, 0.6) is 5.75 Å². The quantitative estimate of drug-likeness (QED) is 0.810. The van der Waals surface area contributed by atoms with Crippen LogP contribution in [0.2, 0.25) is 0 Å². The minimum Gasteiger partial charge on any atom is -0.492 e. The predicted molar refractivity (Wildman–Crippen MR) is 97.5 cm³/mol. The van der Waals surface area contributed by atoms with Crippen LogP contribution < -0.4 is 10.1 Å². The van der Waals surface area contributed by atoms with Crippen LogP contribution in [0.4, 0.5) is 0 Å². The zero-order valence-electron chi connectivity index (χ0n) is 14.7. The number of nitrogens with one attached hydrogen (secondary N) is 1. The predicted octanol–water partition coefficient (Wildman–Crippen LogP) is 3.12. The van der Waals surface area contributed by atoms with Gasteiger partial charge in [-0.25, -0.2) is 0 Å². The molecule has 1 amide bonds. The molecule has 0 saturated carbocycles. The molecule has 2 rings (SSSR count). The van der Waals surface area contributed by atoms with Crippen molar-refractivity contribution in [3.8, 4) is 5.75 Å². The van der Waals surface area contributed by atoms with Crippen LogP contribution in [-0.4, -0.2) is 38.1 Å². The fourth-order valence-electron chi connectivity index (χ4n) is 2.23. The smallest absolute Gasteiger partial charge is 0.251 e. The zero-order valence-corrected chi connectivity index (χ0v) is 14.7. The Balaban J connectivity index is 1.81. The zero-order chi connectivity index (χ0) is 17.4. The summed E-state index contributed by atoms with van der Waals surface area (Å²) in [6.07, 6.45) is 0.977. The fourth-order valence-corrected chi connectivity index (χ4v) is 2.23. The molecular weight excluding hydrogens is 300 g/mol. The number of carbonyl (C=O) groups is 1. The maximum absolute atomic E-state index is 12.1. The Labute approximate surface area is 144 Å². The average molecular weight is 326 g/mol. The van der Waals surface area contributed by atoms with E-state index in [1.165, 1.54) is 5.56 Å². The van der Waals surface area contributed by atoms with Gasteiger partial charge in [0.1, 0.15) is 12.4 Å². The molecule has 0 aliphatic heterocycles. The van der Waals surface area contributed by atoms with Crippen LogP contribution in [0, 0.1) is 0 Å². The van der Waals surface area contributed by atoms with E-state index in [1.807, 2.05) is 62.6 Å². The van der Waals surface area contributed by atoms with Gasteiger partial charge in [0.2, 0.25) is 0 Å². The molecule has 0 aliphatic carbocycles. The highest BCUT2D eigenvalue weighted by molar-refractivity contribution is 5.94. The summed E-state index contributed by atoms with van der Waals surface area (Å²) in [5.41, 5.74) is 2.97. The van der Waals surface area contributed by atoms with E-state index >= 15 is 0 Å². The van der Waals surface area contributed by atoms with E-state index in [0.29, 0.717) is 18.7 Å². The third-order valence-corrected chi connectivity index (χ3v) is 3.81. The van der Waals surface area contributed by atoms with E-state index < -0.39 is 0 Å². The molecule has 0 aliphatic rings. The lowest BCUT2D eigenvalue weighted by Crippen LogP contribution is -2.22. The number of benzene rings is 2. The van der Waals surface area contributed by atoms with E-state index in [-0.39, 0.29) is 5.91 Å². The van der Waals surface area contributed by atoms with Crippen LogP contribution >= 0.6 is 0 Å². The van der Waals surface area contributed by atoms with Crippen molar-refractivity contribution in [3.63, 3.8) is 0 Å². The molecule has 0 heterocycles. The second-order valence-corrected chi connectivity index (χ2v) is 6.03. The molecule has 0 radical (unpaired) electrons. The van der Waals surface area contributed by atoms with Gasteiger partial charge < -0.3 is 15.0 Å². The van der Waals surface area contributed by atoms with E-state index in [4.69, 9.17) is 4.74 Å². The normalized spacial score (nSPS) is 10.7. The summed E-state index contributed by atoms with van der Waals surface area (Å²) < 4.78 is 5.66. The molecule has 0 unspecified atom stereocenters. The minimum atomic E-state index is -0.0519. The first-order chi connectivity index (χ1) is 11.6. The molecule has 0 spiro atoms. The monoisotopic (exact) mass is 326 g/mol. The van der Waals surface area contributed by atoms with Gasteiger partial charge in [0.05, 0.1) is 0 Å². The third kappa shape index (κ3) is 5.70. The SMILES string of the molecule is CCc1ccc(C(=O)NCc2ccc(OCCN(C)C)cc2)cc1. The highest BCUT2D eigenvalue weighted by Crippen LogP contribution is 2.12. The summed E-state index contributed by atoms with van der Waals surface area (Å²) in [6, 6.07) is 15.6. The second kappa shape index (κ2) is 9.08. The van der Waals surface area contributed by atoms with E-state index in [0.717, 1.165) is 24.3 Å². The summed E-state index contributed by atoms with van der Waals surface area (Å²) in [5, 5.41) is 2.94. The second-order valence-electron chi connectivity index (χ2n) is 6.03. The van der Waals surface area contributed by atoms with Crippen molar-refractivity contribution >= 4 is 5.91 Å². The van der Waals surface area contributed by atoms with Crippen molar-refractivity contribution in [3.05, 3.63) is 65.2 Å². The van der Waals surface area contributed by atoms with Gasteiger partial charge in [-0.3, -0.25) is 4.79 Å². The molecule has 2 aromatic rings. The maximum Gasteiger partial charge on any atom is 0.251 e. The van der Waals surface area contributed by atoms with Gasteiger partial charge in [-0.15, -0.1) is 0 Å². The molecule has 1 N–H and O–H groups in total. The maximum atomic E-state index is 12.1. The highest BCUT2D eigenvalue weighted by Gasteiger charge is 2.05. The van der Waals surface area contributed by atoms with Gasteiger partial charge in [-0.05, 0) is 55.9 Å². The van der Waals surface area contributed by atoms with Crippen molar-refractivity contribution in [1.82, 2.24) is 10.2 Å². The molecule has 0 saturated heterocycles. The Morgan fingerprint density at radius 1 is 1.00 bits per heavy atom. The van der Waals surface area contributed by atoms with Gasteiger partial charge >= 0.3 is 0 Å². The van der Waals surface area contributed by atoms with Crippen LogP contribution in [0.15, 0.2) is 48.5 Å². The van der Waals surface area contributed by atoms with Crippen LogP contribution in [0.1, 0.15) is 28.4 Å². The molecule has 4 nitrogen and oxygen atoms in total. The Morgan fingerprint density at radius 2 is 1.62 bits per heavy atom. The molecule has 4 heteroatoms.